The Morgan fingerprint density at radius 2 is 2.28 bits per heavy atom. The number of aliphatic hydroxyl groups is 1. The average molecular weight is 254 g/mol. The van der Waals surface area contributed by atoms with E-state index < -0.39 is 5.60 Å². The smallest absolute Gasteiger partial charge is 0.239 e. The van der Waals surface area contributed by atoms with Crippen LogP contribution in [0.5, 0.6) is 0 Å². The van der Waals surface area contributed by atoms with E-state index in [2.05, 4.69) is 0 Å². The summed E-state index contributed by atoms with van der Waals surface area (Å²) >= 11 is 0. The Morgan fingerprint density at radius 1 is 1.50 bits per heavy atom. The molecule has 2 aliphatic rings. The summed E-state index contributed by atoms with van der Waals surface area (Å²) in [6.45, 7) is 3.42. The van der Waals surface area contributed by atoms with Crippen LogP contribution in [0.3, 0.4) is 0 Å². The molecule has 1 aliphatic heterocycles. The van der Waals surface area contributed by atoms with Gasteiger partial charge in [-0.25, -0.2) is 0 Å². The van der Waals surface area contributed by atoms with Gasteiger partial charge in [-0.3, -0.25) is 4.79 Å². The normalized spacial score (nSPS) is 33.9. The lowest BCUT2D eigenvalue weighted by molar-refractivity contribution is -0.144. The summed E-state index contributed by atoms with van der Waals surface area (Å²) in [4.78, 5) is 14.1. The first-order valence-electron chi connectivity index (χ1n) is 7.33. The lowest BCUT2D eigenvalue weighted by Gasteiger charge is -2.47. The van der Waals surface area contributed by atoms with Gasteiger partial charge in [-0.1, -0.05) is 26.2 Å². The summed E-state index contributed by atoms with van der Waals surface area (Å²) in [5.74, 6) is 0.335. The van der Waals surface area contributed by atoms with Gasteiger partial charge in [0.1, 0.15) is 0 Å². The minimum absolute atomic E-state index is 0.0736. The minimum atomic E-state index is -0.510. The maximum absolute atomic E-state index is 12.2. The van der Waals surface area contributed by atoms with Crippen LogP contribution in [0, 0.1) is 5.92 Å². The van der Waals surface area contributed by atoms with Gasteiger partial charge in [0.05, 0.1) is 11.6 Å². The molecule has 1 saturated heterocycles. The number of hydrogen-bond donors (Lipinski definition) is 2. The summed E-state index contributed by atoms with van der Waals surface area (Å²) in [7, 11) is 0. The molecule has 104 valence electrons. The summed E-state index contributed by atoms with van der Waals surface area (Å²) in [5.41, 5.74) is 5.40. The molecule has 0 aromatic rings. The molecule has 18 heavy (non-hydrogen) atoms. The van der Waals surface area contributed by atoms with Crippen LogP contribution >= 0.6 is 0 Å². The van der Waals surface area contributed by atoms with Crippen molar-refractivity contribution in [1.29, 1.82) is 0 Å². The first-order valence-corrected chi connectivity index (χ1v) is 7.33. The van der Waals surface area contributed by atoms with Crippen molar-refractivity contribution < 1.29 is 9.90 Å². The predicted octanol–water partition coefficient (Wildman–Crippen LogP) is 1.27. The van der Waals surface area contributed by atoms with Gasteiger partial charge in [0.25, 0.3) is 0 Å². The SMILES string of the molecule is CCC[C@H](N)C(=O)N1CCC2(O)CCCCC2C1. The number of carbonyl (C=O) groups is 1. The van der Waals surface area contributed by atoms with Gasteiger partial charge in [0.15, 0.2) is 0 Å². The molecular formula is C14H26N2O2. The van der Waals surface area contributed by atoms with Crippen LogP contribution in [0.2, 0.25) is 0 Å². The number of rotatable bonds is 3. The summed E-state index contributed by atoms with van der Waals surface area (Å²) in [6, 6.07) is -0.357. The number of likely N-dealkylation sites (tertiary alicyclic amines) is 1. The van der Waals surface area contributed by atoms with Crippen molar-refractivity contribution in [1.82, 2.24) is 4.90 Å². The zero-order valence-electron chi connectivity index (χ0n) is 11.4. The van der Waals surface area contributed by atoms with E-state index >= 15 is 0 Å². The highest BCUT2D eigenvalue weighted by molar-refractivity contribution is 5.81. The Balaban J connectivity index is 1.96. The number of nitrogens with two attached hydrogens (primary N) is 1. The lowest BCUT2D eigenvalue weighted by atomic mass is 9.71. The van der Waals surface area contributed by atoms with E-state index in [0.717, 1.165) is 38.5 Å². The third kappa shape index (κ3) is 2.69. The van der Waals surface area contributed by atoms with Crippen LogP contribution in [-0.2, 0) is 4.79 Å². The van der Waals surface area contributed by atoms with Crippen LogP contribution in [0.1, 0.15) is 51.9 Å². The van der Waals surface area contributed by atoms with Crippen LogP contribution in [0.25, 0.3) is 0 Å². The van der Waals surface area contributed by atoms with Gasteiger partial charge in [0, 0.05) is 19.0 Å². The highest BCUT2D eigenvalue weighted by atomic mass is 16.3. The van der Waals surface area contributed by atoms with Gasteiger partial charge >= 0.3 is 0 Å². The van der Waals surface area contributed by atoms with Gasteiger partial charge in [-0.15, -0.1) is 0 Å². The number of fused-ring (bicyclic) bond motifs is 1. The molecule has 2 rings (SSSR count). The molecule has 0 aromatic heterocycles. The van der Waals surface area contributed by atoms with Crippen molar-refractivity contribution in [2.45, 2.75) is 63.5 Å². The summed E-state index contributed by atoms with van der Waals surface area (Å²) in [6.07, 6.45) is 6.66. The molecule has 2 unspecified atom stereocenters. The van der Waals surface area contributed by atoms with Gasteiger partial charge in [-0.2, -0.15) is 0 Å². The highest BCUT2D eigenvalue weighted by Gasteiger charge is 2.44. The average Bonchev–Trinajstić information content (AvgIpc) is 2.37. The third-order valence-electron chi connectivity index (χ3n) is 4.66. The molecule has 4 heteroatoms. The van der Waals surface area contributed by atoms with E-state index in [0.29, 0.717) is 13.1 Å². The zero-order chi connectivity index (χ0) is 13.2. The van der Waals surface area contributed by atoms with E-state index in [-0.39, 0.29) is 17.9 Å². The number of hydrogen-bond acceptors (Lipinski definition) is 3. The molecular weight excluding hydrogens is 228 g/mol. The van der Waals surface area contributed by atoms with E-state index in [1.807, 2.05) is 11.8 Å². The van der Waals surface area contributed by atoms with Crippen molar-refractivity contribution in [3.8, 4) is 0 Å². The molecule has 1 amide bonds. The number of piperidine rings is 1. The van der Waals surface area contributed by atoms with Crippen molar-refractivity contribution in [2.24, 2.45) is 11.7 Å². The molecule has 1 heterocycles. The Labute approximate surface area is 110 Å². The highest BCUT2D eigenvalue weighted by Crippen LogP contribution is 2.39. The second-order valence-corrected chi connectivity index (χ2v) is 5.98. The van der Waals surface area contributed by atoms with E-state index in [1.54, 1.807) is 0 Å². The molecule has 3 N–H and O–H groups in total. The monoisotopic (exact) mass is 254 g/mol. The fourth-order valence-electron chi connectivity index (χ4n) is 3.44. The first kappa shape index (κ1) is 13.8. The second kappa shape index (κ2) is 5.57. The lowest BCUT2D eigenvalue weighted by Crippen LogP contribution is -2.57. The first-order chi connectivity index (χ1) is 8.57. The maximum Gasteiger partial charge on any atom is 0.239 e. The maximum atomic E-state index is 12.2. The Bertz CT molecular complexity index is 308. The molecule has 4 nitrogen and oxygen atoms in total. The van der Waals surface area contributed by atoms with E-state index in [9.17, 15) is 9.90 Å². The van der Waals surface area contributed by atoms with Gasteiger partial charge < -0.3 is 15.7 Å². The van der Waals surface area contributed by atoms with Gasteiger partial charge in [-0.05, 0) is 25.7 Å². The molecule has 0 bridgehead atoms. The number of nitrogens with zero attached hydrogens (tertiary/aromatic N) is 1. The molecule has 1 saturated carbocycles. The summed E-state index contributed by atoms with van der Waals surface area (Å²) < 4.78 is 0. The number of amides is 1. The van der Waals surface area contributed by atoms with E-state index in [1.165, 1.54) is 6.42 Å². The molecule has 0 radical (unpaired) electrons. The molecule has 2 fully saturated rings. The van der Waals surface area contributed by atoms with Crippen molar-refractivity contribution >= 4 is 5.91 Å². The zero-order valence-corrected chi connectivity index (χ0v) is 11.4. The fourth-order valence-corrected chi connectivity index (χ4v) is 3.44. The third-order valence-corrected chi connectivity index (χ3v) is 4.66. The number of carbonyl (C=O) groups excluding carboxylic acids is 1. The van der Waals surface area contributed by atoms with Gasteiger partial charge in [0.2, 0.25) is 5.91 Å². The molecule has 0 aromatic carbocycles. The summed E-state index contributed by atoms with van der Waals surface area (Å²) in [5, 5.41) is 10.6. The van der Waals surface area contributed by atoms with Crippen LogP contribution in [0.4, 0.5) is 0 Å². The van der Waals surface area contributed by atoms with Crippen molar-refractivity contribution in [2.75, 3.05) is 13.1 Å². The Morgan fingerprint density at radius 3 is 3.00 bits per heavy atom. The van der Waals surface area contributed by atoms with E-state index in [4.69, 9.17) is 5.73 Å². The molecule has 0 spiro atoms. The Hall–Kier alpha value is -0.610. The standard InChI is InChI=1S/C14H26N2O2/c1-2-5-12(15)13(17)16-9-8-14(18)7-4-3-6-11(14)10-16/h11-12,18H,2-10,15H2,1H3/t11?,12-,14?/m0/s1. The molecule has 3 atom stereocenters. The largest absolute Gasteiger partial charge is 0.389 e. The predicted molar refractivity (Wildman–Crippen MR) is 71.0 cm³/mol. The minimum Gasteiger partial charge on any atom is -0.389 e. The molecule has 1 aliphatic carbocycles. The van der Waals surface area contributed by atoms with Crippen LogP contribution in [0.15, 0.2) is 0 Å². The second-order valence-electron chi connectivity index (χ2n) is 5.98. The van der Waals surface area contributed by atoms with Crippen molar-refractivity contribution in [3.63, 3.8) is 0 Å². The topological polar surface area (TPSA) is 66.6 Å². The quantitative estimate of drug-likeness (QED) is 0.797. The Kier molecular flexibility index (Phi) is 4.28. The van der Waals surface area contributed by atoms with Crippen LogP contribution < -0.4 is 5.73 Å². The van der Waals surface area contributed by atoms with Crippen molar-refractivity contribution in [3.05, 3.63) is 0 Å². The van der Waals surface area contributed by atoms with Crippen LogP contribution in [-0.4, -0.2) is 40.6 Å². The fraction of sp³-hybridized carbons (Fsp3) is 0.929.